The van der Waals surface area contributed by atoms with E-state index in [1.165, 1.54) is 0 Å². The summed E-state index contributed by atoms with van der Waals surface area (Å²) >= 11 is 3.28. The van der Waals surface area contributed by atoms with Crippen molar-refractivity contribution >= 4 is 28.6 Å². The number of carbonyl (C=O) groups is 1. The van der Waals surface area contributed by atoms with E-state index in [0.29, 0.717) is 12.8 Å². The van der Waals surface area contributed by atoms with Gasteiger partial charge in [0, 0.05) is 16.2 Å². The Hall–Kier alpha value is -2.11. The van der Waals surface area contributed by atoms with E-state index in [1.54, 1.807) is 34.8 Å². The van der Waals surface area contributed by atoms with Crippen molar-refractivity contribution in [3.8, 4) is 5.75 Å². The van der Waals surface area contributed by atoms with Crippen LogP contribution in [0.1, 0.15) is 27.8 Å². The predicted octanol–water partition coefficient (Wildman–Crippen LogP) is 4.35. The lowest BCUT2D eigenvalue weighted by Gasteiger charge is -2.16. The third-order valence-corrected chi connectivity index (χ3v) is 5.45. The molecule has 0 saturated carbocycles. The largest absolute Gasteiger partial charge is 0.508 e. The first-order chi connectivity index (χ1) is 11.2. The lowest BCUT2D eigenvalue weighted by atomic mass is 10.1. The molecule has 2 N–H and O–H groups in total. The molecule has 0 atom stereocenters. The molecule has 1 amide bonds. The fraction of sp³-hybridized carbons (Fsp3) is 0.167. The van der Waals surface area contributed by atoms with E-state index >= 15 is 0 Å². The Morgan fingerprint density at radius 3 is 2.22 bits per heavy atom. The predicted molar refractivity (Wildman–Crippen MR) is 95.1 cm³/mol. The zero-order valence-corrected chi connectivity index (χ0v) is 14.1. The number of aryl methyl sites for hydroxylation is 1. The molecular weight excluding hydrogens is 326 g/mol. The molecule has 0 radical (unpaired) electrons. The second-order valence-corrected chi connectivity index (χ2v) is 7.12. The average Bonchev–Trinajstić information content (AvgIpc) is 3.25. The van der Waals surface area contributed by atoms with Gasteiger partial charge < -0.3 is 10.4 Å². The molecule has 0 aliphatic carbocycles. The van der Waals surface area contributed by atoms with Gasteiger partial charge in [0.15, 0.2) is 0 Å². The fourth-order valence-electron chi connectivity index (χ4n) is 2.40. The van der Waals surface area contributed by atoms with Crippen LogP contribution in [0, 0.1) is 0 Å². The molecule has 0 aliphatic heterocycles. The van der Waals surface area contributed by atoms with Crippen molar-refractivity contribution in [1.82, 2.24) is 5.32 Å². The zero-order valence-electron chi connectivity index (χ0n) is 12.4. The Morgan fingerprint density at radius 1 is 1.00 bits per heavy atom. The molecule has 0 aliphatic rings. The number of rotatable bonds is 6. The summed E-state index contributed by atoms with van der Waals surface area (Å²) in [5.41, 5.74) is 0.798. The first-order valence-electron chi connectivity index (χ1n) is 7.37. The van der Waals surface area contributed by atoms with Crippen LogP contribution < -0.4 is 5.32 Å². The van der Waals surface area contributed by atoms with Crippen molar-refractivity contribution in [3.63, 3.8) is 0 Å². The average molecular weight is 343 g/mol. The number of hydrogen-bond acceptors (Lipinski definition) is 4. The number of benzene rings is 1. The summed E-state index contributed by atoms with van der Waals surface area (Å²) < 4.78 is 0. The van der Waals surface area contributed by atoms with Crippen LogP contribution in [0.3, 0.4) is 0 Å². The minimum Gasteiger partial charge on any atom is -0.508 e. The monoisotopic (exact) mass is 343 g/mol. The van der Waals surface area contributed by atoms with Gasteiger partial charge in [-0.1, -0.05) is 30.3 Å². The van der Waals surface area contributed by atoms with Crippen LogP contribution in [0.25, 0.3) is 0 Å². The maximum atomic E-state index is 12.3. The number of amides is 1. The van der Waals surface area contributed by atoms with Gasteiger partial charge in [-0.15, -0.1) is 22.7 Å². The lowest BCUT2D eigenvalue weighted by Crippen LogP contribution is -2.28. The minimum atomic E-state index is -0.0909. The summed E-state index contributed by atoms with van der Waals surface area (Å²) in [6.07, 6.45) is 0.880. The third-order valence-electron chi connectivity index (χ3n) is 3.57. The van der Waals surface area contributed by atoms with Gasteiger partial charge >= 0.3 is 0 Å². The molecule has 3 rings (SSSR count). The van der Waals surface area contributed by atoms with E-state index in [4.69, 9.17) is 0 Å². The van der Waals surface area contributed by atoms with Crippen LogP contribution in [-0.4, -0.2) is 11.0 Å². The minimum absolute atomic E-state index is 0.0138. The van der Waals surface area contributed by atoms with E-state index in [9.17, 15) is 9.90 Å². The van der Waals surface area contributed by atoms with Crippen molar-refractivity contribution < 1.29 is 9.90 Å². The van der Waals surface area contributed by atoms with Crippen molar-refractivity contribution in [2.24, 2.45) is 0 Å². The maximum Gasteiger partial charge on any atom is 0.221 e. The van der Waals surface area contributed by atoms with Gasteiger partial charge in [-0.05, 0) is 40.9 Å². The van der Waals surface area contributed by atoms with E-state index in [1.807, 2.05) is 47.2 Å². The zero-order chi connectivity index (χ0) is 16.1. The molecule has 3 aromatic rings. The summed E-state index contributed by atoms with van der Waals surface area (Å²) in [5.74, 6) is 0.230. The number of nitrogens with one attached hydrogen (secondary N) is 1. The summed E-state index contributed by atoms with van der Waals surface area (Å²) in [6.45, 7) is 0. The second kappa shape index (κ2) is 7.44. The van der Waals surface area contributed by atoms with Crippen molar-refractivity contribution in [3.05, 3.63) is 74.6 Å². The molecule has 2 aromatic heterocycles. The highest BCUT2D eigenvalue weighted by Crippen LogP contribution is 2.29. The summed E-state index contributed by atoms with van der Waals surface area (Å²) in [7, 11) is 0. The first-order valence-corrected chi connectivity index (χ1v) is 9.13. The maximum absolute atomic E-state index is 12.3. The topological polar surface area (TPSA) is 49.3 Å². The SMILES string of the molecule is O=C(CCc1ccccc1O)NC(c1cccs1)c1cccs1. The molecule has 0 unspecified atom stereocenters. The van der Waals surface area contributed by atoms with Crippen molar-refractivity contribution in [2.75, 3.05) is 0 Å². The number of hydrogen-bond donors (Lipinski definition) is 2. The highest BCUT2D eigenvalue weighted by molar-refractivity contribution is 7.11. The lowest BCUT2D eigenvalue weighted by molar-refractivity contribution is -0.121. The molecule has 5 heteroatoms. The molecule has 2 heterocycles. The van der Waals surface area contributed by atoms with Crippen molar-refractivity contribution in [2.45, 2.75) is 18.9 Å². The number of phenolic OH excluding ortho intramolecular Hbond substituents is 1. The standard InChI is InChI=1S/C18H17NO2S2/c20-14-6-2-1-5-13(14)9-10-17(21)19-18(15-7-3-11-22-15)16-8-4-12-23-16/h1-8,11-12,18,20H,9-10H2,(H,19,21). The second-order valence-electron chi connectivity index (χ2n) is 5.16. The summed E-state index contributed by atoms with van der Waals surface area (Å²) in [5, 5.41) is 16.9. The van der Waals surface area contributed by atoms with E-state index in [-0.39, 0.29) is 17.7 Å². The smallest absolute Gasteiger partial charge is 0.221 e. The fourth-order valence-corrected chi connectivity index (χ4v) is 4.06. The molecule has 0 bridgehead atoms. The molecule has 23 heavy (non-hydrogen) atoms. The van der Waals surface area contributed by atoms with Gasteiger partial charge in [0.25, 0.3) is 0 Å². The number of aromatic hydroxyl groups is 1. The van der Waals surface area contributed by atoms with Crippen LogP contribution in [0.2, 0.25) is 0 Å². The first kappa shape index (κ1) is 15.8. The Morgan fingerprint density at radius 2 is 1.65 bits per heavy atom. The summed E-state index contributed by atoms with van der Waals surface area (Å²) in [4.78, 5) is 14.6. The number of carbonyl (C=O) groups excluding carboxylic acids is 1. The molecule has 0 spiro atoms. The van der Waals surface area contributed by atoms with Gasteiger partial charge in [0.2, 0.25) is 5.91 Å². The van der Waals surface area contributed by atoms with E-state index in [0.717, 1.165) is 15.3 Å². The van der Waals surface area contributed by atoms with Gasteiger partial charge in [-0.3, -0.25) is 4.79 Å². The Labute approximate surface area is 143 Å². The van der Waals surface area contributed by atoms with Crippen LogP contribution >= 0.6 is 22.7 Å². The highest BCUT2D eigenvalue weighted by atomic mass is 32.1. The Kier molecular flexibility index (Phi) is 5.10. The molecule has 0 fully saturated rings. The highest BCUT2D eigenvalue weighted by Gasteiger charge is 2.18. The molecule has 3 nitrogen and oxygen atoms in total. The quantitative estimate of drug-likeness (QED) is 0.699. The third kappa shape index (κ3) is 4.00. The van der Waals surface area contributed by atoms with Crippen LogP contribution in [0.15, 0.2) is 59.3 Å². The van der Waals surface area contributed by atoms with Gasteiger partial charge in [0.1, 0.15) is 5.75 Å². The van der Waals surface area contributed by atoms with Gasteiger partial charge in [0.05, 0.1) is 6.04 Å². The van der Waals surface area contributed by atoms with Crippen LogP contribution in [0.5, 0.6) is 5.75 Å². The molecular formula is C18H17NO2S2. The Bertz CT molecular complexity index is 717. The van der Waals surface area contributed by atoms with Gasteiger partial charge in [-0.25, -0.2) is 0 Å². The van der Waals surface area contributed by atoms with E-state index < -0.39 is 0 Å². The Balaban J connectivity index is 1.66. The van der Waals surface area contributed by atoms with Crippen molar-refractivity contribution in [1.29, 1.82) is 0 Å². The molecule has 0 saturated heterocycles. The van der Waals surface area contributed by atoms with Crippen LogP contribution in [-0.2, 0) is 11.2 Å². The van der Waals surface area contributed by atoms with Crippen LogP contribution in [0.4, 0.5) is 0 Å². The van der Waals surface area contributed by atoms with Gasteiger partial charge in [-0.2, -0.15) is 0 Å². The number of phenols is 1. The normalized spacial score (nSPS) is 10.8. The molecule has 118 valence electrons. The number of para-hydroxylation sites is 1. The number of thiophene rings is 2. The molecule has 1 aromatic carbocycles. The summed E-state index contributed by atoms with van der Waals surface area (Å²) in [6, 6.07) is 15.1. The van der Waals surface area contributed by atoms with E-state index in [2.05, 4.69) is 5.32 Å².